The quantitative estimate of drug-likeness (QED) is 0.625. The number of fused-ring (bicyclic) bond motifs is 1. The summed E-state index contributed by atoms with van der Waals surface area (Å²) >= 11 is 2.21. The molecule has 0 aliphatic carbocycles. The highest BCUT2D eigenvalue weighted by atomic mass is 125. The summed E-state index contributed by atoms with van der Waals surface area (Å²) in [6.07, 6.45) is 0.900. The van der Waals surface area contributed by atoms with Crippen molar-refractivity contribution in [2.24, 2.45) is 0 Å². The third kappa shape index (κ3) is 4.35. The summed E-state index contributed by atoms with van der Waals surface area (Å²) in [7, 11) is 4.88. The largest absolute Gasteiger partial charge is 0.496 e. The van der Waals surface area contributed by atoms with Gasteiger partial charge in [0.2, 0.25) is 0 Å². The van der Waals surface area contributed by atoms with E-state index in [0.717, 1.165) is 40.1 Å². The molecule has 1 N–H and O–H groups in total. The lowest BCUT2D eigenvalue weighted by Crippen LogP contribution is -2.40. The Labute approximate surface area is 179 Å². The van der Waals surface area contributed by atoms with Crippen molar-refractivity contribution in [3.05, 3.63) is 50.1 Å². The molecular weight excluding hydrogens is 469 g/mol. The number of carbonyl (C=O) groups excluding carboxylic acids is 1. The van der Waals surface area contributed by atoms with Gasteiger partial charge in [0.1, 0.15) is 5.75 Å². The Kier molecular flexibility index (Phi) is 6.66. The van der Waals surface area contributed by atoms with E-state index in [9.17, 15) is 4.79 Å². The second kappa shape index (κ2) is 9.00. The average molecular weight is 494 g/mol. The maximum atomic E-state index is 12.7. The molecule has 1 aliphatic heterocycles. The molecule has 150 valence electrons. The number of nitrogens with one attached hydrogen (secondary N) is 1. The number of methoxy groups -OCH3 is 3. The van der Waals surface area contributed by atoms with Crippen LogP contribution < -0.4 is 19.5 Å². The summed E-state index contributed by atoms with van der Waals surface area (Å²) < 4.78 is 17.2. The highest BCUT2D eigenvalue weighted by Gasteiger charge is 2.21. The van der Waals surface area contributed by atoms with Crippen molar-refractivity contribution < 1.29 is 19.0 Å². The Morgan fingerprint density at radius 2 is 1.75 bits per heavy atom. The topological polar surface area (TPSA) is 60.0 Å². The van der Waals surface area contributed by atoms with Crippen LogP contribution in [-0.4, -0.2) is 45.3 Å². The molecule has 3 rings (SSSR count). The molecule has 6 nitrogen and oxygen atoms in total. The van der Waals surface area contributed by atoms with E-state index in [4.69, 9.17) is 14.2 Å². The summed E-state index contributed by atoms with van der Waals surface area (Å²) in [6, 6.07) is 7.92. The Morgan fingerprint density at radius 1 is 1.07 bits per heavy atom. The fourth-order valence-electron chi connectivity index (χ4n) is 3.52. The number of ether oxygens (including phenoxy) is 3. The first-order valence-corrected chi connectivity index (χ1v) is 10.1. The van der Waals surface area contributed by atoms with Crippen molar-refractivity contribution in [1.29, 1.82) is 0 Å². The van der Waals surface area contributed by atoms with Gasteiger partial charge in [0, 0.05) is 16.7 Å². The molecule has 2 aromatic carbocycles. The Morgan fingerprint density at radius 3 is 2.39 bits per heavy atom. The monoisotopic (exact) mass is 494 g/mol. The van der Waals surface area contributed by atoms with E-state index < -0.39 is 0 Å². The maximum Gasteiger partial charge on any atom is 0.256 e. The Bertz CT molecular complexity index is 885. The van der Waals surface area contributed by atoms with Gasteiger partial charge in [-0.25, -0.2) is 0 Å². The van der Waals surface area contributed by atoms with Crippen LogP contribution in [0, 0.1) is 10.5 Å². The first-order valence-electron chi connectivity index (χ1n) is 9.05. The minimum Gasteiger partial charge on any atom is -0.496 e. The molecule has 2 aromatic rings. The van der Waals surface area contributed by atoms with Gasteiger partial charge in [0.15, 0.2) is 11.5 Å². The molecule has 0 saturated heterocycles. The zero-order valence-electron chi connectivity index (χ0n) is 16.6. The fraction of sp³-hybridized carbons (Fsp3) is 0.381. The van der Waals surface area contributed by atoms with E-state index in [1.807, 2.05) is 31.2 Å². The molecule has 0 unspecified atom stereocenters. The number of nitrogens with zero attached hydrogens (tertiary/aromatic N) is 1. The van der Waals surface area contributed by atoms with Crippen LogP contribution in [-0.2, 0) is 13.0 Å². The van der Waals surface area contributed by atoms with Gasteiger partial charge in [-0.2, -0.15) is 0 Å². The number of hydrogen-bond donors (Lipinski definition) is 1. The molecule has 1 amide bonds. The van der Waals surface area contributed by atoms with Crippen LogP contribution in [0.1, 0.15) is 27.0 Å². The number of aryl methyl sites for hydroxylation is 1. The summed E-state index contributed by atoms with van der Waals surface area (Å²) in [5, 5.41) is 3.03. The molecule has 0 fully saturated rings. The van der Waals surface area contributed by atoms with Crippen molar-refractivity contribution >= 4 is 28.5 Å². The molecule has 1 heterocycles. The average Bonchev–Trinajstić information content (AvgIpc) is 2.70. The first-order chi connectivity index (χ1) is 13.5. The van der Waals surface area contributed by atoms with Gasteiger partial charge in [0.25, 0.3) is 5.91 Å². The molecule has 1 aliphatic rings. The Balaban J connectivity index is 1.69. The Hall–Kier alpha value is -2.00. The lowest BCUT2D eigenvalue weighted by atomic mass is 9.99. The fourth-order valence-corrected chi connectivity index (χ4v) is 4.30. The lowest BCUT2D eigenvalue weighted by Gasteiger charge is -2.29. The molecule has 7 heteroatoms. The lowest BCUT2D eigenvalue weighted by molar-refractivity contribution is 0.0914. The van der Waals surface area contributed by atoms with Crippen LogP contribution >= 0.6 is 22.6 Å². The minimum absolute atomic E-state index is 0.128. The standard InChI is InChI=1S/C21H25IN2O4/c1-13-7-16(22)10-17(20(13)28-4)21(25)23-12-24-6-5-14-8-18(26-2)19(27-3)9-15(14)11-24/h7-10H,5-6,11-12H2,1-4H3,(H,23,25)/i22-2. The number of hydrogen-bond acceptors (Lipinski definition) is 5. The summed E-state index contributed by atoms with van der Waals surface area (Å²) in [5.74, 6) is 1.98. The van der Waals surface area contributed by atoms with Crippen LogP contribution in [0.25, 0.3) is 0 Å². The molecule has 0 atom stereocenters. The van der Waals surface area contributed by atoms with Crippen molar-refractivity contribution in [2.45, 2.75) is 19.9 Å². The number of halogens is 1. The smallest absolute Gasteiger partial charge is 0.256 e. The summed E-state index contributed by atoms with van der Waals surface area (Å²) in [5.41, 5.74) is 3.97. The predicted octanol–water partition coefficient (Wildman–Crippen LogP) is 3.37. The highest BCUT2D eigenvalue weighted by molar-refractivity contribution is 14.1. The number of amides is 1. The van der Waals surface area contributed by atoms with Crippen LogP contribution in [0.15, 0.2) is 24.3 Å². The van der Waals surface area contributed by atoms with Crippen LogP contribution in [0.5, 0.6) is 17.2 Å². The van der Waals surface area contributed by atoms with Gasteiger partial charge in [0.05, 0.1) is 33.6 Å². The van der Waals surface area contributed by atoms with Crippen molar-refractivity contribution in [3.63, 3.8) is 0 Å². The third-order valence-corrected chi connectivity index (χ3v) is 5.57. The summed E-state index contributed by atoms with van der Waals surface area (Å²) in [4.78, 5) is 15.0. The van der Waals surface area contributed by atoms with E-state index in [0.29, 0.717) is 18.0 Å². The number of benzene rings is 2. The van der Waals surface area contributed by atoms with Gasteiger partial charge < -0.3 is 19.5 Å². The normalized spacial score (nSPS) is 13.6. The molecule has 0 spiro atoms. The predicted molar refractivity (Wildman–Crippen MR) is 116 cm³/mol. The van der Waals surface area contributed by atoms with Gasteiger partial charge in [-0.05, 0) is 76.9 Å². The van der Waals surface area contributed by atoms with Gasteiger partial charge in [-0.3, -0.25) is 9.69 Å². The van der Waals surface area contributed by atoms with Gasteiger partial charge in [-0.1, -0.05) is 0 Å². The van der Waals surface area contributed by atoms with E-state index >= 15 is 0 Å². The van der Waals surface area contributed by atoms with E-state index in [2.05, 4.69) is 32.8 Å². The van der Waals surface area contributed by atoms with Crippen molar-refractivity contribution in [3.8, 4) is 17.2 Å². The second-order valence-electron chi connectivity index (χ2n) is 6.75. The van der Waals surface area contributed by atoms with Crippen LogP contribution in [0.4, 0.5) is 0 Å². The van der Waals surface area contributed by atoms with E-state index in [1.165, 1.54) is 11.1 Å². The zero-order valence-corrected chi connectivity index (χ0v) is 18.8. The van der Waals surface area contributed by atoms with Crippen molar-refractivity contribution in [1.82, 2.24) is 10.2 Å². The summed E-state index contributed by atoms with van der Waals surface area (Å²) in [6.45, 7) is 4.03. The van der Waals surface area contributed by atoms with Crippen molar-refractivity contribution in [2.75, 3.05) is 34.5 Å². The van der Waals surface area contributed by atoms with E-state index in [1.54, 1.807) is 21.3 Å². The van der Waals surface area contributed by atoms with Crippen LogP contribution in [0.2, 0.25) is 0 Å². The molecule has 0 radical (unpaired) electrons. The van der Waals surface area contributed by atoms with Gasteiger partial charge >= 0.3 is 0 Å². The second-order valence-corrected chi connectivity index (χ2v) is 7.99. The highest BCUT2D eigenvalue weighted by Crippen LogP contribution is 2.33. The molecule has 0 bridgehead atoms. The number of rotatable bonds is 6. The van der Waals surface area contributed by atoms with E-state index in [-0.39, 0.29) is 5.91 Å². The minimum atomic E-state index is -0.128. The SMILES string of the molecule is COc1cc2c(cc1OC)CN(CNC(=O)c1cc([125I])cc(C)c1OC)CC2. The molecule has 28 heavy (non-hydrogen) atoms. The molecular formula is C21H25IN2O4. The first kappa shape index (κ1) is 20.7. The third-order valence-electron chi connectivity index (χ3n) is 4.95. The zero-order chi connectivity index (χ0) is 20.3. The van der Waals surface area contributed by atoms with Crippen LogP contribution in [0.3, 0.4) is 0 Å². The molecule has 0 saturated carbocycles. The maximum absolute atomic E-state index is 12.7. The molecule has 0 aromatic heterocycles. The van der Waals surface area contributed by atoms with Gasteiger partial charge in [-0.15, -0.1) is 0 Å². The number of carbonyl (C=O) groups is 1.